The standard InChI is InChI=1S/C13H14FNO2/c14-10-3-1-9(2-4-10)13(5-6-13)12(17)15-7-11(16)8-15/h1-4,11,16H,5-8H2. The van der Waals surface area contributed by atoms with Crippen LogP contribution in [0.25, 0.3) is 0 Å². The Morgan fingerprint density at radius 1 is 1.29 bits per heavy atom. The molecular weight excluding hydrogens is 221 g/mol. The third-order valence-electron chi connectivity index (χ3n) is 3.71. The summed E-state index contributed by atoms with van der Waals surface area (Å²) in [6, 6.07) is 6.17. The smallest absolute Gasteiger partial charge is 0.233 e. The molecule has 90 valence electrons. The number of nitrogens with zero attached hydrogens (tertiary/aromatic N) is 1. The quantitative estimate of drug-likeness (QED) is 0.832. The highest BCUT2D eigenvalue weighted by molar-refractivity contribution is 5.91. The van der Waals surface area contributed by atoms with Crippen molar-refractivity contribution in [2.45, 2.75) is 24.4 Å². The Bertz CT molecular complexity index is 447. The van der Waals surface area contributed by atoms with E-state index >= 15 is 0 Å². The van der Waals surface area contributed by atoms with Crippen LogP contribution in [-0.2, 0) is 10.2 Å². The van der Waals surface area contributed by atoms with E-state index in [0.717, 1.165) is 18.4 Å². The summed E-state index contributed by atoms with van der Waals surface area (Å²) in [6.45, 7) is 0.865. The van der Waals surface area contributed by atoms with E-state index in [9.17, 15) is 14.3 Å². The lowest BCUT2D eigenvalue weighted by molar-refractivity contribution is -0.144. The molecule has 1 saturated heterocycles. The number of benzene rings is 1. The molecule has 0 radical (unpaired) electrons. The molecule has 1 aliphatic heterocycles. The minimum atomic E-state index is -0.437. The number of rotatable bonds is 2. The summed E-state index contributed by atoms with van der Waals surface area (Å²) < 4.78 is 12.9. The van der Waals surface area contributed by atoms with Crippen molar-refractivity contribution in [3.63, 3.8) is 0 Å². The summed E-state index contributed by atoms with van der Waals surface area (Å²) in [6.07, 6.45) is 1.27. The molecule has 3 rings (SSSR count). The van der Waals surface area contributed by atoms with E-state index in [1.54, 1.807) is 17.0 Å². The fraction of sp³-hybridized carbons (Fsp3) is 0.462. The van der Waals surface area contributed by atoms with Gasteiger partial charge >= 0.3 is 0 Å². The van der Waals surface area contributed by atoms with E-state index in [2.05, 4.69) is 0 Å². The number of likely N-dealkylation sites (tertiary alicyclic amines) is 1. The number of carbonyl (C=O) groups excluding carboxylic acids is 1. The largest absolute Gasteiger partial charge is 0.389 e. The first kappa shape index (κ1) is 10.7. The van der Waals surface area contributed by atoms with Gasteiger partial charge in [0.1, 0.15) is 5.82 Å². The zero-order valence-corrected chi connectivity index (χ0v) is 9.40. The number of hydrogen-bond donors (Lipinski definition) is 1. The van der Waals surface area contributed by atoms with Crippen molar-refractivity contribution < 1.29 is 14.3 Å². The second-order valence-corrected chi connectivity index (χ2v) is 4.95. The Morgan fingerprint density at radius 2 is 1.88 bits per heavy atom. The summed E-state index contributed by atoms with van der Waals surface area (Å²) in [5.41, 5.74) is 0.457. The first-order chi connectivity index (χ1) is 8.12. The van der Waals surface area contributed by atoms with Crippen LogP contribution in [-0.4, -0.2) is 35.1 Å². The molecule has 2 aliphatic rings. The second-order valence-electron chi connectivity index (χ2n) is 4.95. The monoisotopic (exact) mass is 235 g/mol. The highest BCUT2D eigenvalue weighted by atomic mass is 19.1. The Morgan fingerprint density at radius 3 is 2.35 bits per heavy atom. The van der Waals surface area contributed by atoms with E-state index in [-0.39, 0.29) is 17.8 Å². The molecule has 17 heavy (non-hydrogen) atoms. The van der Waals surface area contributed by atoms with E-state index in [0.29, 0.717) is 13.1 Å². The van der Waals surface area contributed by atoms with E-state index in [4.69, 9.17) is 0 Å². The Kier molecular flexibility index (Phi) is 2.23. The summed E-state index contributed by atoms with van der Waals surface area (Å²) in [7, 11) is 0. The molecule has 0 unspecified atom stereocenters. The van der Waals surface area contributed by atoms with Crippen LogP contribution in [0.4, 0.5) is 4.39 Å². The van der Waals surface area contributed by atoms with Crippen LogP contribution in [0.1, 0.15) is 18.4 Å². The second kappa shape index (κ2) is 3.53. The maximum absolute atomic E-state index is 12.9. The minimum absolute atomic E-state index is 0.0782. The fourth-order valence-electron chi connectivity index (χ4n) is 2.44. The van der Waals surface area contributed by atoms with Gasteiger partial charge in [0, 0.05) is 13.1 Å². The number of β-amino-alcohol motifs (C(OH)–C–C–N with tert-alkyl or cyclic N) is 1. The molecule has 1 heterocycles. The number of aliphatic hydroxyl groups excluding tert-OH is 1. The SMILES string of the molecule is O=C(N1CC(O)C1)C1(c2ccc(F)cc2)CC1. The van der Waals surface area contributed by atoms with Gasteiger partial charge in [0.25, 0.3) is 0 Å². The third kappa shape index (κ3) is 1.63. The van der Waals surface area contributed by atoms with Gasteiger partial charge in [0.15, 0.2) is 0 Å². The number of carbonyl (C=O) groups is 1. The Balaban J connectivity index is 1.81. The summed E-state index contributed by atoms with van der Waals surface area (Å²) in [5, 5.41) is 9.22. The van der Waals surface area contributed by atoms with Crippen molar-refractivity contribution in [1.29, 1.82) is 0 Å². The van der Waals surface area contributed by atoms with Crippen LogP contribution in [0, 0.1) is 5.82 Å². The van der Waals surface area contributed by atoms with Gasteiger partial charge in [-0.05, 0) is 30.5 Å². The average Bonchev–Trinajstić information content (AvgIpc) is 3.06. The van der Waals surface area contributed by atoms with Gasteiger partial charge in [-0.25, -0.2) is 4.39 Å². The van der Waals surface area contributed by atoms with Crippen LogP contribution in [0.3, 0.4) is 0 Å². The van der Waals surface area contributed by atoms with Gasteiger partial charge in [-0.15, -0.1) is 0 Å². The van der Waals surface area contributed by atoms with Crippen LogP contribution >= 0.6 is 0 Å². The highest BCUT2D eigenvalue weighted by Crippen LogP contribution is 2.50. The third-order valence-corrected chi connectivity index (χ3v) is 3.71. The topological polar surface area (TPSA) is 40.5 Å². The molecule has 3 nitrogen and oxygen atoms in total. The molecule has 1 N–H and O–H groups in total. The van der Waals surface area contributed by atoms with Gasteiger partial charge in [0.05, 0.1) is 11.5 Å². The fourth-order valence-corrected chi connectivity index (χ4v) is 2.44. The van der Waals surface area contributed by atoms with Crippen molar-refractivity contribution in [2.75, 3.05) is 13.1 Å². The molecule has 1 aliphatic carbocycles. The van der Waals surface area contributed by atoms with Crippen molar-refractivity contribution >= 4 is 5.91 Å². The zero-order valence-electron chi connectivity index (χ0n) is 9.40. The number of halogens is 1. The minimum Gasteiger partial charge on any atom is -0.389 e. The number of amides is 1. The van der Waals surface area contributed by atoms with E-state index in [1.807, 2.05) is 0 Å². The zero-order chi connectivity index (χ0) is 12.0. The molecule has 1 amide bonds. The molecule has 0 atom stereocenters. The molecule has 1 saturated carbocycles. The predicted molar refractivity (Wildman–Crippen MR) is 59.9 cm³/mol. The van der Waals surface area contributed by atoms with Gasteiger partial charge < -0.3 is 10.0 Å². The summed E-state index contributed by atoms with van der Waals surface area (Å²) in [4.78, 5) is 13.9. The maximum atomic E-state index is 12.9. The van der Waals surface area contributed by atoms with Crippen LogP contribution in [0.5, 0.6) is 0 Å². The lowest BCUT2D eigenvalue weighted by Gasteiger charge is -2.38. The number of aliphatic hydroxyl groups is 1. The molecule has 0 spiro atoms. The lowest BCUT2D eigenvalue weighted by Crippen LogP contribution is -2.56. The van der Waals surface area contributed by atoms with Gasteiger partial charge in [-0.3, -0.25) is 4.79 Å². The molecule has 0 bridgehead atoms. The van der Waals surface area contributed by atoms with Gasteiger partial charge in [-0.1, -0.05) is 12.1 Å². The molecule has 1 aromatic carbocycles. The van der Waals surface area contributed by atoms with Crippen molar-refractivity contribution in [3.8, 4) is 0 Å². The molecule has 4 heteroatoms. The summed E-state index contributed by atoms with van der Waals surface area (Å²) >= 11 is 0. The first-order valence-corrected chi connectivity index (χ1v) is 5.85. The Labute approximate surface area is 98.9 Å². The van der Waals surface area contributed by atoms with Gasteiger partial charge in [-0.2, -0.15) is 0 Å². The average molecular weight is 235 g/mol. The van der Waals surface area contributed by atoms with Crippen LogP contribution in [0.2, 0.25) is 0 Å². The summed E-state index contributed by atoms with van der Waals surface area (Å²) in [5.74, 6) is -0.203. The van der Waals surface area contributed by atoms with Crippen molar-refractivity contribution in [1.82, 2.24) is 4.90 Å². The van der Waals surface area contributed by atoms with Gasteiger partial charge in [0.2, 0.25) is 5.91 Å². The molecule has 2 fully saturated rings. The van der Waals surface area contributed by atoms with Crippen LogP contribution in [0.15, 0.2) is 24.3 Å². The van der Waals surface area contributed by atoms with Crippen LogP contribution < -0.4 is 0 Å². The predicted octanol–water partition coefficient (Wildman–Crippen LogP) is 1.06. The molecular formula is C13H14FNO2. The van der Waals surface area contributed by atoms with E-state index in [1.165, 1.54) is 12.1 Å². The van der Waals surface area contributed by atoms with Crippen molar-refractivity contribution in [3.05, 3.63) is 35.6 Å². The molecule has 0 aromatic heterocycles. The number of hydrogen-bond acceptors (Lipinski definition) is 2. The Hall–Kier alpha value is -1.42. The lowest BCUT2D eigenvalue weighted by atomic mass is 9.92. The highest BCUT2D eigenvalue weighted by Gasteiger charge is 2.54. The molecule has 1 aromatic rings. The normalized spacial score (nSPS) is 22.1. The maximum Gasteiger partial charge on any atom is 0.233 e. The first-order valence-electron chi connectivity index (χ1n) is 5.85. The van der Waals surface area contributed by atoms with E-state index < -0.39 is 5.41 Å². The van der Waals surface area contributed by atoms with Crippen molar-refractivity contribution in [2.24, 2.45) is 0 Å².